The van der Waals surface area contributed by atoms with Crippen molar-refractivity contribution in [2.24, 2.45) is 0 Å². The number of rotatable bonds is 10. The molecule has 0 saturated carbocycles. The largest absolute Gasteiger partial charge is 0.392 e. The summed E-state index contributed by atoms with van der Waals surface area (Å²) in [6.45, 7) is 4.37. The van der Waals surface area contributed by atoms with E-state index in [1.54, 1.807) is 6.92 Å². The van der Waals surface area contributed by atoms with Crippen molar-refractivity contribution in [1.82, 2.24) is 5.32 Å². The number of hydrogen-bond donors (Lipinski definition) is 3. The summed E-state index contributed by atoms with van der Waals surface area (Å²) < 4.78 is 0. The van der Waals surface area contributed by atoms with Crippen molar-refractivity contribution in [3.8, 4) is 0 Å². The molecule has 0 aromatic rings. The van der Waals surface area contributed by atoms with Gasteiger partial charge in [0.25, 0.3) is 0 Å². The van der Waals surface area contributed by atoms with Crippen molar-refractivity contribution in [2.45, 2.75) is 71.1 Å². The topological polar surface area (TPSA) is 52.5 Å². The van der Waals surface area contributed by atoms with Crippen LogP contribution in [0.15, 0.2) is 0 Å². The lowest BCUT2D eigenvalue weighted by Gasteiger charge is -2.13. The molecule has 0 spiro atoms. The van der Waals surface area contributed by atoms with Crippen LogP contribution >= 0.6 is 0 Å². The molecule has 0 radical (unpaired) electrons. The van der Waals surface area contributed by atoms with Crippen LogP contribution in [0.3, 0.4) is 0 Å². The van der Waals surface area contributed by atoms with Gasteiger partial charge in [-0.1, -0.05) is 45.4 Å². The second-order valence-corrected chi connectivity index (χ2v) is 4.29. The highest BCUT2D eigenvalue weighted by molar-refractivity contribution is 4.60. The number of aliphatic hydroxyl groups excluding tert-OH is 2. The van der Waals surface area contributed by atoms with Gasteiger partial charge in [-0.25, -0.2) is 0 Å². The van der Waals surface area contributed by atoms with E-state index in [-0.39, 0.29) is 6.10 Å². The zero-order valence-electron chi connectivity index (χ0n) is 10.2. The molecule has 0 bridgehead atoms. The molecule has 0 amide bonds. The first-order valence-electron chi connectivity index (χ1n) is 6.26. The average molecular weight is 217 g/mol. The minimum atomic E-state index is -0.524. The molecule has 3 heteroatoms. The third-order valence-electron chi connectivity index (χ3n) is 2.54. The molecule has 0 fully saturated rings. The van der Waals surface area contributed by atoms with Gasteiger partial charge < -0.3 is 10.2 Å². The lowest BCUT2D eigenvalue weighted by molar-refractivity contribution is 0.108. The lowest BCUT2D eigenvalue weighted by Crippen LogP contribution is -2.33. The molecular formula is C12H27NO2. The van der Waals surface area contributed by atoms with Crippen LogP contribution in [0, 0.1) is 0 Å². The second kappa shape index (κ2) is 10.4. The van der Waals surface area contributed by atoms with Crippen LogP contribution in [0.4, 0.5) is 0 Å². The molecular weight excluding hydrogens is 190 g/mol. The molecule has 0 aliphatic heterocycles. The van der Waals surface area contributed by atoms with Gasteiger partial charge in [-0.15, -0.1) is 0 Å². The first-order chi connectivity index (χ1) is 7.16. The standard InChI is InChI=1S/C12H27NO2/c1-3-4-5-6-7-8-9-12(15)10-13-11(2)14/h11-15H,3-10H2,1-2H3. The van der Waals surface area contributed by atoms with Crippen LogP contribution < -0.4 is 5.32 Å². The summed E-state index contributed by atoms with van der Waals surface area (Å²) in [5.41, 5.74) is 0. The first-order valence-corrected chi connectivity index (χ1v) is 6.26. The van der Waals surface area contributed by atoms with E-state index in [0.717, 1.165) is 12.8 Å². The highest BCUT2D eigenvalue weighted by Crippen LogP contribution is 2.08. The predicted molar refractivity (Wildman–Crippen MR) is 63.7 cm³/mol. The Morgan fingerprint density at radius 2 is 1.60 bits per heavy atom. The van der Waals surface area contributed by atoms with E-state index in [2.05, 4.69) is 12.2 Å². The predicted octanol–water partition coefficient (Wildman–Crippen LogP) is 2.03. The molecule has 0 aliphatic carbocycles. The van der Waals surface area contributed by atoms with E-state index < -0.39 is 6.23 Å². The molecule has 0 aromatic heterocycles. The minimum Gasteiger partial charge on any atom is -0.392 e. The van der Waals surface area contributed by atoms with E-state index in [4.69, 9.17) is 5.11 Å². The van der Waals surface area contributed by atoms with Gasteiger partial charge in [0.2, 0.25) is 0 Å². The van der Waals surface area contributed by atoms with E-state index in [1.165, 1.54) is 32.1 Å². The van der Waals surface area contributed by atoms with Crippen LogP contribution in [0.1, 0.15) is 58.8 Å². The van der Waals surface area contributed by atoms with Crippen LogP contribution in [0.25, 0.3) is 0 Å². The Labute approximate surface area is 93.9 Å². The molecule has 0 aliphatic rings. The normalized spacial score (nSPS) is 15.2. The zero-order valence-corrected chi connectivity index (χ0v) is 10.2. The van der Waals surface area contributed by atoms with Crippen molar-refractivity contribution >= 4 is 0 Å². The summed E-state index contributed by atoms with van der Waals surface area (Å²) >= 11 is 0. The Balaban J connectivity index is 3.13. The molecule has 0 saturated heterocycles. The maximum atomic E-state index is 9.53. The fourth-order valence-electron chi connectivity index (χ4n) is 1.57. The average Bonchev–Trinajstić information content (AvgIpc) is 2.20. The van der Waals surface area contributed by atoms with Crippen LogP contribution in [0.5, 0.6) is 0 Å². The summed E-state index contributed by atoms with van der Waals surface area (Å²) in [6.07, 6.45) is 7.51. The SMILES string of the molecule is CCCCCCCCC(O)CNC(C)O. The second-order valence-electron chi connectivity index (χ2n) is 4.29. The van der Waals surface area contributed by atoms with Gasteiger partial charge in [-0.05, 0) is 13.3 Å². The van der Waals surface area contributed by atoms with Crippen molar-refractivity contribution < 1.29 is 10.2 Å². The van der Waals surface area contributed by atoms with Crippen molar-refractivity contribution in [2.75, 3.05) is 6.54 Å². The van der Waals surface area contributed by atoms with E-state index >= 15 is 0 Å². The number of aliphatic hydroxyl groups is 2. The maximum Gasteiger partial charge on any atom is 0.102 e. The molecule has 0 aromatic carbocycles. The van der Waals surface area contributed by atoms with Crippen LogP contribution in [-0.2, 0) is 0 Å². The Morgan fingerprint density at radius 1 is 1.00 bits per heavy atom. The molecule has 0 rings (SSSR count). The van der Waals surface area contributed by atoms with Crippen molar-refractivity contribution in [1.29, 1.82) is 0 Å². The first kappa shape index (κ1) is 14.9. The molecule has 2 unspecified atom stereocenters. The number of hydrogen-bond acceptors (Lipinski definition) is 3. The lowest BCUT2D eigenvalue weighted by atomic mass is 10.1. The Bertz CT molecular complexity index is 129. The van der Waals surface area contributed by atoms with Crippen molar-refractivity contribution in [3.63, 3.8) is 0 Å². The quantitative estimate of drug-likeness (QED) is 0.388. The zero-order chi connectivity index (χ0) is 11.5. The summed E-state index contributed by atoms with van der Waals surface area (Å²) in [7, 11) is 0. The Hall–Kier alpha value is -0.120. The Kier molecular flexibility index (Phi) is 10.3. The summed E-state index contributed by atoms with van der Waals surface area (Å²) in [6, 6.07) is 0. The fourth-order valence-corrected chi connectivity index (χ4v) is 1.57. The van der Waals surface area contributed by atoms with Gasteiger partial charge >= 0.3 is 0 Å². The Morgan fingerprint density at radius 3 is 2.20 bits per heavy atom. The maximum absolute atomic E-state index is 9.53. The molecule has 92 valence electrons. The van der Waals surface area contributed by atoms with Crippen LogP contribution in [-0.4, -0.2) is 29.1 Å². The molecule has 3 nitrogen and oxygen atoms in total. The van der Waals surface area contributed by atoms with Crippen LogP contribution in [0.2, 0.25) is 0 Å². The van der Waals surface area contributed by atoms with Gasteiger partial charge in [-0.2, -0.15) is 0 Å². The number of unbranched alkanes of at least 4 members (excludes halogenated alkanes) is 5. The summed E-state index contributed by atoms with van der Waals surface area (Å²) in [5, 5.41) is 21.3. The highest BCUT2D eigenvalue weighted by atomic mass is 16.3. The molecule has 15 heavy (non-hydrogen) atoms. The third-order valence-corrected chi connectivity index (χ3v) is 2.54. The van der Waals surface area contributed by atoms with Crippen molar-refractivity contribution in [3.05, 3.63) is 0 Å². The summed E-state index contributed by atoms with van der Waals surface area (Å²) in [4.78, 5) is 0. The van der Waals surface area contributed by atoms with Gasteiger partial charge in [-0.3, -0.25) is 5.32 Å². The minimum absolute atomic E-state index is 0.314. The smallest absolute Gasteiger partial charge is 0.102 e. The monoisotopic (exact) mass is 217 g/mol. The van der Waals surface area contributed by atoms with E-state index in [9.17, 15) is 5.11 Å². The van der Waals surface area contributed by atoms with Gasteiger partial charge in [0.05, 0.1) is 6.10 Å². The van der Waals surface area contributed by atoms with E-state index in [0.29, 0.717) is 6.54 Å². The summed E-state index contributed by atoms with van der Waals surface area (Å²) in [5.74, 6) is 0. The fraction of sp³-hybridized carbons (Fsp3) is 1.00. The number of nitrogens with one attached hydrogen (secondary N) is 1. The van der Waals surface area contributed by atoms with Gasteiger partial charge in [0, 0.05) is 6.54 Å². The molecule has 2 atom stereocenters. The van der Waals surface area contributed by atoms with Gasteiger partial charge in [0.15, 0.2) is 0 Å². The van der Waals surface area contributed by atoms with Gasteiger partial charge in [0.1, 0.15) is 6.23 Å². The van der Waals surface area contributed by atoms with E-state index in [1.807, 2.05) is 0 Å². The highest BCUT2D eigenvalue weighted by Gasteiger charge is 2.04. The molecule has 3 N–H and O–H groups in total. The molecule has 0 heterocycles. The third kappa shape index (κ3) is 11.8.